The largest absolute Gasteiger partial charge is 0.508 e. The van der Waals surface area contributed by atoms with Gasteiger partial charge in [0.25, 0.3) is 0 Å². The predicted octanol–water partition coefficient (Wildman–Crippen LogP) is 4.65. The lowest BCUT2D eigenvalue weighted by atomic mass is 9.45. The van der Waals surface area contributed by atoms with Gasteiger partial charge in [0.2, 0.25) is 0 Å². The van der Waals surface area contributed by atoms with Gasteiger partial charge in [-0.25, -0.2) is 0 Å². The monoisotopic (exact) mass is 286 g/mol. The lowest BCUT2D eigenvalue weighted by molar-refractivity contribution is -0.121. The van der Waals surface area contributed by atoms with Crippen molar-refractivity contribution in [2.45, 2.75) is 64.9 Å². The number of fused-ring (bicyclic) bond motifs is 2. The highest BCUT2D eigenvalue weighted by Gasteiger charge is 2.69. The van der Waals surface area contributed by atoms with E-state index in [0.717, 1.165) is 36.5 Å². The fourth-order valence-electron chi connectivity index (χ4n) is 5.63. The summed E-state index contributed by atoms with van der Waals surface area (Å²) in [6.45, 7) is 9.20. The highest BCUT2D eigenvalue weighted by Crippen LogP contribution is 2.74. The first kappa shape index (κ1) is 13.5. The highest BCUT2D eigenvalue weighted by atomic mass is 16.5. The molecule has 1 unspecified atom stereocenters. The number of ether oxygens (including phenoxy) is 1. The molecule has 1 heterocycles. The first-order chi connectivity index (χ1) is 9.88. The zero-order chi connectivity index (χ0) is 15.0. The molecule has 2 aliphatic carbocycles. The molecule has 0 spiro atoms. The van der Waals surface area contributed by atoms with Gasteiger partial charge < -0.3 is 9.84 Å². The number of benzene rings is 1. The Morgan fingerprint density at radius 2 is 2.05 bits per heavy atom. The third-order valence-corrected chi connectivity index (χ3v) is 6.58. The van der Waals surface area contributed by atoms with Crippen LogP contribution in [-0.4, -0.2) is 10.7 Å². The normalized spacial score (nSPS) is 38.2. The molecule has 2 saturated carbocycles. The Morgan fingerprint density at radius 3 is 2.76 bits per heavy atom. The number of aromatic hydroxyl groups is 1. The molecule has 0 radical (unpaired) electrons. The molecule has 4 atom stereocenters. The molecular weight excluding hydrogens is 260 g/mol. The Morgan fingerprint density at radius 1 is 1.29 bits per heavy atom. The van der Waals surface area contributed by atoms with Crippen LogP contribution in [0.5, 0.6) is 11.5 Å². The van der Waals surface area contributed by atoms with E-state index in [0.29, 0.717) is 17.6 Å². The second-order valence-corrected chi connectivity index (χ2v) is 8.16. The Bertz CT molecular complexity index is 604. The van der Waals surface area contributed by atoms with E-state index in [4.69, 9.17) is 4.74 Å². The summed E-state index contributed by atoms with van der Waals surface area (Å²) < 4.78 is 6.45. The number of hydrogen-bond donors (Lipinski definition) is 1. The Hall–Kier alpha value is -1.18. The molecule has 2 heteroatoms. The van der Waals surface area contributed by atoms with Crippen molar-refractivity contribution in [2.75, 3.05) is 0 Å². The van der Waals surface area contributed by atoms with Gasteiger partial charge in [-0.15, -0.1) is 0 Å². The molecule has 2 nitrogen and oxygen atoms in total. The maximum Gasteiger partial charge on any atom is 0.127 e. The first-order valence-electron chi connectivity index (χ1n) is 8.43. The van der Waals surface area contributed by atoms with Crippen molar-refractivity contribution in [3.05, 3.63) is 23.3 Å². The van der Waals surface area contributed by atoms with Crippen LogP contribution in [0.25, 0.3) is 0 Å². The van der Waals surface area contributed by atoms with Gasteiger partial charge in [0.05, 0.1) is 0 Å². The molecule has 0 bridgehead atoms. The van der Waals surface area contributed by atoms with E-state index >= 15 is 0 Å². The highest BCUT2D eigenvalue weighted by molar-refractivity contribution is 5.55. The van der Waals surface area contributed by atoms with E-state index in [1.165, 1.54) is 12.0 Å². The van der Waals surface area contributed by atoms with Gasteiger partial charge in [-0.1, -0.05) is 27.2 Å². The lowest BCUT2D eigenvalue weighted by Crippen LogP contribution is -2.59. The van der Waals surface area contributed by atoms with Gasteiger partial charge in [0.1, 0.15) is 17.1 Å². The smallest absolute Gasteiger partial charge is 0.127 e. The van der Waals surface area contributed by atoms with Crippen LogP contribution in [0.3, 0.4) is 0 Å². The third kappa shape index (κ3) is 1.54. The van der Waals surface area contributed by atoms with E-state index in [-0.39, 0.29) is 11.0 Å². The minimum Gasteiger partial charge on any atom is -0.508 e. The molecule has 21 heavy (non-hydrogen) atoms. The van der Waals surface area contributed by atoms with Gasteiger partial charge in [0.15, 0.2) is 0 Å². The number of aryl methyl sites for hydroxylation is 1. The molecule has 1 N–H and O–H groups in total. The summed E-state index contributed by atoms with van der Waals surface area (Å²) >= 11 is 0. The van der Waals surface area contributed by atoms with Crippen LogP contribution in [0.1, 0.15) is 64.0 Å². The van der Waals surface area contributed by atoms with E-state index in [9.17, 15) is 5.11 Å². The number of rotatable bonds is 2. The molecule has 3 aliphatic rings. The van der Waals surface area contributed by atoms with Gasteiger partial charge in [-0.05, 0) is 55.2 Å². The molecule has 1 aromatic rings. The summed E-state index contributed by atoms with van der Waals surface area (Å²) in [7, 11) is 0. The molecule has 2 fully saturated rings. The number of hydrogen-bond acceptors (Lipinski definition) is 2. The maximum atomic E-state index is 10.6. The predicted molar refractivity (Wildman–Crippen MR) is 83.9 cm³/mol. The average Bonchev–Trinajstić information content (AvgIpc) is 2.72. The minimum absolute atomic E-state index is 0.0187. The maximum absolute atomic E-state index is 10.6. The summed E-state index contributed by atoms with van der Waals surface area (Å²) in [5.74, 6) is 3.20. The Balaban J connectivity index is 1.86. The zero-order valence-corrected chi connectivity index (χ0v) is 13.6. The van der Waals surface area contributed by atoms with Gasteiger partial charge in [0, 0.05) is 17.4 Å². The van der Waals surface area contributed by atoms with Crippen molar-refractivity contribution >= 4 is 0 Å². The molecule has 1 aliphatic heterocycles. The molecule has 114 valence electrons. The molecule has 1 aromatic carbocycles. The lowest BCUT2D eigenvalue weighted by Gasteiger charge is -2.62. The van der Waals surface area contributed by atoms with Gasteiger partial charge in [-0.2, -0.15) is 0 Å². The van der Waals surface area contributed by atoms with Gasteiger partial charge in [-0.3, -0.25) is 0 Å². The third-order valence-electron chi connectivity index (χ3n) is 6.58. The Labute approximate surface area is 127 Å². The van der Waals surface area contributed by atoms with Crippen LogP contribution < -0.4 is 4.74 Å². The molecule has 4 rings (SSSR count). The van der Waals surface area contributed by atoms with Crippen molar-refractivity contribution < 1.29 is 9.84 Å². The topological polar surface area (TPSA) is 29.5 Å². The molecule has 0 aromatic heterocycles. The molecular formula is C19H26O2. The van der Waals surface area contributed by atoms with Gasteiger partial charge >= 0.3 is 0 Å². The Kier molecular flexibility index (Phi) is 2.55. The van der Waals surface area contributed by atoms with E-state index in [1.807, 2.05) is 6.07 Å². The second-order valence-electron chi connectivity index (χ2n) is 8.16. The van der Waals surface area contributed by atoms with Crippen LogP contribution in [0.4, 0.5) is 0 Å². The quantitative estimate of drug-likeness (QED) is 0.857. The second kappa shape index (κ2) is 3.97. The number of phenolic OH excluding ortho intramolecular Hbond substituents is 1. The van der Waals surface area contributed by atoms with Crippen LogP contribution >= 0.6 is 0 Å². The standard InChI is InChI=1S/C19H26O2/c1-5-6-11-9-13(20)15-14(10-11)21-19(4)8-7-12-16(19)17(15)18(12,2)3/h9-10,12,16-17,20H,5-8H2,1-4H3/t12-,16+,17+,19?/m0/s1. The van der Waals surface area contributed by atoms with E-state index in [2.05, 4.69) is 33.8 Å². The van der Waals surface area contributed by atoms with Crippen molar-refractivity contribution in [3.63, 3.8) is 0 Å². The average molecular weight is 286 g/mol. The summed E-state index contributed by atoms with van der Waals surface area (Å²) in [6.07, 6.45) is 4.51. The first-order valence-corrected chi connectivity index (χ1v) is 8.43. The van der Waals surface area contributed by atoms with Crippen LogP contribution in [0, 0.1) is 17.3 Å². The summed E-state index contributed by atoms with van der Waals surface area (Å²) in [4.78, 5) is 0. The summed E-state index contributed by atoms with van der Waals surface area (Å²) in [5, 5.41) is 10.6. The zero-order valence-electron chi connectivity index (χ0n) is 13.6. The molecule has 0 saturated heterocycles. The summed E-state index contributed by atoms with van der Waals surface area (Å²) in [6, 6.07) is 4.15. The SMILES string of the molecule is CCCc1cc(O)c2c(c1)OC1(C)CC[C@H]3[C@@H]1[C@@H]2C3(C)C. The van der Waals surface area contributed by atoms with Crippen LogP contribution in [0.15, 0.2) is 12.1 Å². The van der Waals surface area contributed by atoms with E-state index < -0.39 is 0 Å². The van der Waals surface area contributed by atoms with Crippen molar-refractivity contribution in [1.82, 2.24) is 0 Å². The fourth-order valence-corrected chi connectivity index (χ4v) is 5.63. The summed E-state index contributed by atoms with van der Waals surface area (Å²) in [5.41, 5.74) is 2.54. The van der Waals surface area contributed by atoms with Crippen molar-refractivity contribution in [3.8, 4) is 11.5 Å². The fraction of sp³-hybridized carbons (Fsp3) is 0.684. The van der Waals surface area contributed by atoms with Crippen LogP contribution in [-0.2, 0) is 6.42 Å². The van der Waals surface area contributed by atoms with Crippen molar-refractivity contribution in [1.29, 1.82) is 0 Å². The van der Waals surface area contributed by atoms with Crippen molar-refractivity contribution in [2.24, 2.45) is 17.3 Å². The van der Waals surface area contributed by atoms with Crippen LogP contribution in [0.2, 0.25) is 0 Å². The van der Waals surface area contributed by atoms with E-state index in [1.54, 1.807) is 0 Å². The molecule has 0 amide bonds. The number of phenols is 1. The minimum atomic E-state index is -0.0187.